The van der Waals surface area contributed by atoms with E-state index in [4.69, 9.17) is 0 Å². The van der Waals surface area contributed by atoms with Crippen molar-refractivity contribution in [1.82, 2.24) is 0 Å². The van der Waals surface area contributed by atoms with Crippen LogP contribution in [0.25, 0.3) is 53.6 Å². The number of thiophene rings is 1. The summed E-state index contributed by atoms with van der Waals surface area (Å²) in [5.74, 6) is 0. The molecule has 2 heteroatoms. The molecule has 11 aromatic carbocycles. The second kappa shape index (κ2) is 16.0. The zero-order valence-corrected chi connectivity index (χ0v) is 39.2. The maximum atomic E-state index is 2.51. The van der Waals surface area contributed by atoms with E-state index in [1.165, 1.54) is 98.1 Å². The first-order valence-electron chi connectivity index (χ1n) is 24.2. The summed E-state index contributed by atoms with van der Waals surface area (Å²) in [7, 11) is 0. The van der Waals surface area contributed by atoms with Crippen molar-refractivity contribution >= 4 is 48.6 Å². The molecule has 0 spiro atoms. The molecule has 2 aliphatic carbocycles. The minimum atomic E-state index is -0.545. The van der Waals surface area contributed by atoms with Crippen LogP contribution in [0.15, 0.2) is 273 Å². The molecule has 0 radical (unpaired) electrons. The van der Waals surface area contributed by atoms with E-state index >= 15 is 0 Å². The highest BCUT2D eigenvalue weighted by atomic mass is 32.1. The molecule has 14 rings (SSSR count). The smallest absolute Gasteiger partial charge is 0.0714 e. The Morgan fingerprint density at radius 3 is 1.36 bits per heavy atom. The molecule has 0 N–H and O–H groups in total. The van der Waals surface area contributed by atoms with Gasteiger partial charge in [0.05, 0.1) is 10.8 Å². The lowest BCUT2D eigenvalue weighted by Crippen LogP contribution is -2.29. The monoisotopic (exact) mass is 907 g/mol. The van der Waals surface area contributed by atoms with Crippen LogP contribution in [0.2, 0.25) is 0 Å². The van der Waals surface area contributed by atoms with E-state index in [0.29, 0.717) is 0 Å². The summed E-state index contributed by atoms with van der Waals surface area (Å²) in [5, 5.41) is 2.61. The van der Waals surface area contributed by atoms with E-state index in [0.717, 1.165) is 17.1 Å². The molecule has 2 aliphatic rings. The van der Waals surface area contributed by atoms with Crippen molar-refractivity contribution in [3.8, 4) is 33.4 Å². The maximum absolute atomic E-state index is 2.51. The quantitative estimate of drug-likeness (QED) is 0.147. The highest BCUT2D eigenvalue weighted by molar-refractivity contribution is 7.26. The molecule has 0 amide bonds. The topological polar surface area (TPSA) is 3.24 Å². The Morgan fingerprint density at radius 1 is 0.271 bits per heavy atom. The summed E-state index contributed by atoms with van der Waals surface area (Å²) in [6.07, 6.45) is 0. The van der Waals surface area contributed by atoms with Crippen LogP contribution < -0.4 is 4.90 Å². The van der Waals surface area contributed by atoms with Gasteiger partial charge in [-0.05, 0) is 120 Å². The van der Waals surface area contributed by atoms with E-state index in [1.807, 2.05) is 11.3 Å². The Morgan fingerprint density at radius 2 is 0.714 bits per heavy atom. The number of nitrogens with zero attached hydrogens (tertiary/aromatic N) is 1. The second-order valence-corrected chi connectivity index (χ2v) is 19.7. The van der Waals surface area contributed by atoms with E-state index in [-0.39, 0.29) is 0 Å². The largest absolute Gasteiger partial charge is 0.310 e. The minimum Gasteiger partial charge on any atom is -0.310 e. The molecule has 0 bridgehead atoms. The van der Waals surface area contributed by atoms with E-state index in [9.17, 15) is 0 Å². The Kier molecular flexibility index (Phi) is 9.27. The lowest BCUT2D eigenvalue weighted by atomic mass is 9.67. The number of hydrogen-bond acceptors (Lipinski definition) is 2. The number of benzene rings is 11. The third-order valence-corrected chi connectivity index (χ3v) is 16.4. The van der Waals surface area contributed by atoms with Gasteiger partial charge < -0.3 is 4.90 Å². The Balaban J connectivity index is 1.03. The van der Waals surface area contributed by atoms with Crippen LogP contribution in [-0.4, -0.2) is 0 Å². The molecule has 328 valence electrons. The van der Waals surface area contributed by atoms with Crippen LogP contribution in [0.1, 0.15) is 44.5 Å². The fourth-order valence-electron chi connectivity index (χ4n) is 12.4. The van der Waals surface area contributed by atoms with Crippen molar-refractivity contribution in [2.24, 2.45) is 0 Å². The molecular weight excluding hydrogens is 863 g/mol. The Hall–Kier alpha value is -8.56. The number of rotatable bonds is 8. The van der Waals surface area contributed by atoms with Crippen LogP contribution in [-0.2, 0) is 10.8 Å². The molecule has 12 aromatic rings. The molecule has 70 heavy (non-hydrogen) atoms. The van der Waals surface area contributed by atoms with Crippen molar-refractivity contribution in [2.45, 2.75) is 10.8 Å². The molecule has 1 heterocycles. The average Bonchev–Trinajstić information content (AvgIpc) is 4.08. The van der Waals surface area contributed by atoms with Gasteiger partial charge in [-0.1, -0.05) is 231 Å². The third-order valence-electron chi connectivity index (χ3n) is 15.2. The fourth-order valence-corrected chi connectivity index (χ4v) is 13.6. The number of hydrogen-bond donors (Lipinski definition) is 0. The van der Waals surface area contributed by atoms with Gasteiger partial charge in [-0.25, -0.2) is 0 Å². The van der Waals surface area contributed by atoms with Crippen LogP contribution in [0.4, 0.5) is 17.1 Å². The van der Waals surface area contributed by atoms with Crippen molar-refractivity contribution in [2.75, 3.05) is 4.90 Å². The highest BCUT2D eigenvalue weighted by Crippen LogP contribution is 2.59. The molecule has 0 saturated carbocycles. The zero-order valence-electron chi connectivity index (χ0n) is 38.3. The minimum absolute atomic E-state index is 0.495. The Bertz CT molecular complexity index is 3870. The standard InChI is InChI=1S/C68H45NS/c1-5-22-47(23-6-1)67(48-24-7-2-8-25-48)62-37-17-14-32-56(62)60-44-52(40-42-63(60)67)69(51-30-19-21-46(43-51)54-34-20-35-59-58-33-15-18-38-65(58)70-66(54)59)53-39-41-57-55-31-13-16-36-61(55)68(64(57)45-53,49-26-9-3-10-27-49)50-28-11-4-12-29-50/h1-45H. The van der Waals surface area contributed by atoms with Gasteiger partial charge in [0.25, 0.3) is 0 Å². The number of fused-ring (bicyclic) bond motifs is 9. The molecule has 0 fully saturated rings. The third kappa shape index (κ3) is 5.84. The normalized spacial score (nSPS) is 13.7. The van der Waals surface area contributed by atoms with Gasteiger partial charge in [-0.3, -0.25) is 0 Å². The van der Waals surface area contributed by atoms with Crippen molar-refractivity contribution < 1.29 is 0 Å². The van der Waals surface area contributed by atoms with Crippen molar-refractivity contribution in [1.29, 1.82) is 0 Å². The second-order valence-electron chi connectivity index (χ2n) is 18.7. The van der Waals surface area contributed by atoms with Gasteiger partial charge in [0.2, 0.25) is 0 Å². The first-order chi connectivity index (χ1) is 34.7. The van der Waals surface area contributed by atoms with Gasteiger partial charge in [-0.2, -0.15) is 0 Å². The predicted octanol–water partition coefficient (Wildman–Crippen LogP) is 17.9. The summed E-state index contributed by atoms with van der Waals surface area (Å²) >= 11 is 1.88. The Labute approximate surface area is 412 Å². The average molecular weight is 908 g/mol. The number of anilines is 3. The van der Waals surface area contributed by atoms with Crippen LogP contribution in [0, 0.1) is 0 Å². The van der Waals surface area contributed by atoms with Gasteiger partial charge in [0.15, 0.2) is 0 Å². The van der Waals surface area contributed by atoms with E-state index < -0.39 is 10.8 Å². The lowest BCUT2D eigenvalue weighted by molar-refractivity contribution is 0.768. The summed E-state index contributed by atoms with van der Waals surface area (Å²) < 4.78 is 2.62. The van der Waals surface area contributed by atoms with E-state index in [2.05, 4.69) is 278 Å². The van der Waals surface area contributed by atoms with Gasteiger partial charge in [-0.15, -0.1) is 11.3 Å². The molecule has 1 nitrogen and oxygen atoms in total. The molecule has 0 atom stereocenters. The summed E-state index contributed by atoms with van der Waals surface area (Å²) in [4.78, 5) is 2.51. The highest BCUT2D eigenvalue weighted by Gasteiger charge is 2.48. The SMILES string of the molecule is c1ccc(C2(c3ccccc3)c3ccccc3-c3cc(N(c4cccc(-c5cccc6c5sc5ccccc56)c4)c4ccc5c(c4)C(c4ccccc4)(c4ccccc4)c4ccccc4-5)ccc32)cc1. The summed E-state index contributed by atoms with van der Waals surface area (Å²) in [5.41, 5.74) is 19.9. The molecule has 0 aliphatic heterocycles. The van der Waals surface area contributed by atoms with Crippen molar-refractivity contribution in [3.63, 3.8) is 0 Å². The molecular formula is C68H45NS. The van der Waals surface area contributed by atoms with Crippen LogP contribution >= 0.6 is 11.3 Å². The molecule has 1 aromatic heterocycles. The van der Waals surface area contributed by atoms with Gasteiger partial charge >= 0.3 is 0 Å². The van der Waals surface area contributed by atoms with Crippen LogP contribution in [0.3, 0.4) is 0 Å². The first kappa shape index (κ1) is 40.5. The van der Waals surface area contributed by atoms with E-state index in [1.54, 1.807) is 0 Å². The lowest BCUT2D eigenvalue weighted by Gasteiger charge is -2.35. The fraction of sp³-hybridized carbons (Fsp3) is 0.0294. The molecule has 0 saturated heterocycles. The zero-order chi connectivity index (χ0) is 46.2. The van der Waals surface area contributed by atoms with Crippen LogP contribution in [0.5, 0.6) is 0 Å². The molecule has 0 unspecified atom stereocenters. The predicted molar refractivity (Wildman–Crippen MR) is 294 cm³/mol. The van der Waals surface area contributed by atoms with Gasteiger partial charge in [0, 0.05) is 37.2 Å². The summed E-state index contributed by atoms with van der Waals surface area (Å²) in [6.45, 7) is 0. The maximum Gasteiger partial charge on any atom is 0.0714 e. The first-order valence-corrected chi connectivity index (χ1v) is 25.1. The van der Waals surface area contributed by atoms with Gasteiger partial charge in [0.1, 0.15) is 0 Å². The summed E-state index contributed by atoms with van der Waals surface area (Å²) in [6, 6.07) is 102. The van der Waals surface area contributed by atoms with Crippen molar-refractivity contribution in [3.05, 3.63) is 317 Å².